The van der Waals surface area contributed by atoms with Crippen molar-refractivity contribution >= 4 is 28.1 Å². The van der Waals surface area contributed by atoms with Gasteiger partial charge in [0.05, 0.1) is 4.92 Å². The van der Waals surface area contributed by atoms with E-state index in [0.717, 1.165) is 23.9 Å². The number of hydrogen-bond donors (Lipinski definition) is 1. The molecule has 3 aromatic carbocycles. The molecule has 0 saturated carbocycles. The summed E-state index contributed by atoms with van der Waals surface area (Å²) in [7, 11) is 0. The van der Waals surface area contributed by atoms with Crippen LogP contribution in [0, 0.1) is 10.1 Å². The first-order valence-electron chi connectivity index (χ1n) is 8.32. The number of nitrogens with zero attached hydrogens (tertiary/aromatic N) is 1. The van der Waals surface area contributed by atoms with E-state index in [1.165, 1.54) is 40.8 Å². The van der Waals surface area contributed by atoms with Crippen LogP contribution in [0.25, 0.3) is 10.8 Å². The Hall–Kier alpha value is -3.41. The molecule has 0 saturated heterocycles. The highest BCUT2D eigenvalue weighted by molar-refractivity contribution is 6.05. The predicted molar refractivity (Wildman–Crippen MR) is 98.6 cm³/mol. The van der Waals surface area contributed by atoms with Crippen LogP contribution in [0.5, 0.6) is 5.75 Å². The van der Waals surface area contributed by atoms with Gasteiger partial charge in [-0.05, 0) is 47.6 Å². The predicted octanol–water partition coefficient (Wildman–Crippen LogP) is 3.86. The molecular formula is C20H16N2O4. The summed E-state index contributed by atoms with van der Waals surface area (Å²) < 4.78 is 5.41. The lowest BCUT2D eigenvalue weighted by molar-refractivity contribution is -0.384. The lowest BCUT2D eigenvalue weighted by atomic mass is 10.0. The molecule has 0 atom stereocenters. The number of anilines is 1. The molecule has 0 spiro atoms. The zero-order chi connectivity index (χ0) is 18.1. The van der Waals surface area contributed by atoms with Crippen molar-refractivity contribution < 1.29 is 14.5 Å². The second-order valence-corrected chi connectivity index (χ2v) is 6.20. The highest BCUT2D eigenvalue weighted by atomic mass is 16.6. The molecule has 3 aromatic rings. The van der Waals surface area contributed by atoms with Crippen LogP contribution in [0.2, 0.25) is 0 Å². The van der Waals surface area contributed by atoms with Gasteiger partial charge >= 0.3 is 0 Å². The molecule has 0 aliphatic heterocycles. The Bertz CT molecular complexity index is 1000. The Balaban J connectivity index is 1.46. The van der Waals surface area contributed by atoms with Gasteiger partial charge in [0.25, 0.3) is 11.6 Å². The topological polar surface area (TPSA) is 81.5 Å². The van der Waals surface area contributed by atoms with E-state index in [2.05, 4.69) is 17.4 Å². The Morgan fingerprint density at radius 3 is 2.50 bits per heavy atom. The Morgan fingerprint density at radius 2 is 1.77 bits per heavy atom. The molecule has 0 heterocycles. The Labute approximate surface area is 149 Å². The first-order chi connectivity index (χ1) is 12.6. The summed E-state index contributed by atoms with van der Waals surface area (Å²) in [5.41, 5.74) is 3.38. The van der Waals surface area contributed by atoms with Crippen molar-refractivity contribution in [1.82, 2.24) is 0 Å². The minimum atomic E-state index is -0.480. The van der Waals surface area contributed by atoms with Crippen LogP contribution in [0.15, 0.2) is 54.6 Å². The van der Waals surface area contributed by atoms with Crippen molar-refractivity contribution in [3.8, 4) is 5.75 Å². The third-order valence-corrected chi connectivity index (χ3v) is 4.57. The highest BCUT2D eigenvalue weighted by Crippen LogP contribution is 2.34. The molecule has 6 nitrogen and oxygen atoms in total. The zero-order valence-corrected chi connectivity index (χ0v) is 13.9. The van der Waals surface area contributed by atoms with E-state index in [-0.39, 0.29) is 18.2 Å². The summed E-state index contributed by atoms with van der Waals surface area (Å²) in [5, 5.41) is 15.8. The quantitative estimate of drug-likeness (QED) is 0.561. The molecule has 1 amide bonds. The molecular weight excluding hydrogens is 332 g/mol. The van der Waals surface area contributed by atoms with E-state index >= 15 is 0 Å². The average molecular weight is 348 g/mol. The van der Waals surface area contributed by atoms with Crippen LogP contribution in [0.4, 0.5) is 11.4 Å². The maximum absolute atomic E-state index is 12.2. The first-order valence-corrected chi connectivity index (χ1v) is 8.32. The monoisotopic (exact) mass is 348 g/mol. The van der Waals surface area contributed by atoms with E-state index in [1.807, 2.05) is 18.2 Å². The largest absolute Gasteiger partial charge is 0.484 e. The van der Waals surface area contributed by atoms with Crippen molar-refractivity contribution in [1.29, 1.82) is 0 Å². The van der Waals surface area contributed by atoms with Gasteiger partial charge in [-0.25, -0.2) is 0 Å². The van der Waals surface area contributed by atoms with E-state index in [4.69, 9.17) is 4.74 Å². The maximum Gasteiger partial charge on any atom is 0.269 e. The number of benzene rings is 3. The summed E-state index contributed by atoms with van der Waals surface area (Å²) in [4.78, 5) is 22.4. The normalized spacial score (nSPS) is 12.2. The fourth-order valence-electron chi connectivity index (χ4n) is 3.36. The summed E-state index contributed by atoms with van der Waals surface area (Å²) in [6.45, 7) is -0.166. The average Bonchev–Trinajstić information content (AvgIpc) is 3.07. The van der Waals surface area contributed by atoms with Gasteiger partial charge in [0.15, 0.2) is 6.61 Å². The SMILES string of the molecule is O=C(COc1ccc([N+](=O)[O-])cc1)Nc1ccc2c3c(cccc13)CC2. The van der Waals surface area contributed by atoms with Crippen molar-refractivity contribution in [3.63, 3.8) is 0 Å². The number of nitro benzene ring substituents is 1. The number of hydrogen-bond acceptors (Lipinski definition) is 4. The zero-order valence-electron chi connectivity index (χ0n) is 13.9. The van der Waals surface area contributed by atoms with Crippen LogP contribution >= 0.6 is 0 Å². The molecule has 26 heavy (non-hydrogen) atoms. The van der Waals surface area contributed by atoms with Crippen molar-refractivity contribution in [2.24, 2.45) is 0 Å². The number of carbonyl (C=O) groups is 1. The fraction of sp³-hybridized carbons (Fsp3) is 0.150. The minimum Gasteiger partial charge on any atom is -0.484 e. The Kier molecular flexibility index (Phi) is 4.01. The van der Waals surface area contributed by atoms with Crippen molar-refractivity contribution in [3.05, 3.63) is 75.8 Å². The van der Waals surface area contributed by atoms with E-state index in [1.54, 1.807) is 0 Å². The second-order valence-electron chi connectivity index (χ2n) is 6.20. The first kappa shape index (κ1) is 16.1. The van der Waals surface area contributed by atoms with Crippen LogP contribution in [0.1, 0.15) is 11.1 Å². The molecule has 6 heteroatoms. The third kappa shape index (κ3) is 2.97. The van der Waals surface area contributed by atoms with E-state index < -0.39 is 4.92 Å². The minimum absolute atomic E-state index is 0.0188. The summed E-state index contributed by atoms with van der Waals surface area (Å²) in [5.74, 6) is 0.133. The highest BCUT2D eigenvalue weighted by Gasteiger charge is 2.16. The van der Waals surface area contributed by atoms with Gasteiger partial charge in [0.1, 0.15) is 5.75 Å². The van der Waals surface area contributed by atoms with Crippen LogP contribution in [0.3, 0.4) is 0 Å². The standard InChI is InChI=1S/C20H16N2O4/c23-19(12-26-16-9-7-15(8-10-16)22(24)25)21-18-11-6-14-5-4-13-2-1-3-17(18)20(13)14/h1-3,6-11H,4-5,12H2,(H,21,23). The van der Waals surface area contributed by atoms with Gasteiger partial charge in [-0.15, -0.1) is 0 Å². The molecule has 1 aliphatic rings. The van der Waals surface area contributed by atoms with Gasteiger partial charge in [-0.3, -0.25) is 14.9 Å². The number of nitrogens with one attached hydrogen (secondary N) is 1. The lowest BCUT2D eigenvalue weighted by Crippen LogP contribution is -2.20. The van der Waals surface area contributed by atoms with Gasteiger partial charge < -0.3 is 10.1 Å². The lowest BCUT2D eigenvalue weighted by Gasteiger charge is -2.11. The second kappa shape index (κ2) is 6.48. The molecule has 1 N–H and O–H groups in total. The molecule has 0 aromatic heterocycles. The smallest absolute Gasteiger partial charge is 0.269 e. The summed E-state index contributed by atoms with van der Waals surface area (Å²) in [6, 6.07) is 15.8. The van der Waals surface area contributed by atoms with Gasteiger partial charge in [0.2, 0.25) is 0 Å². The van der Waals surface area contributed by atoms with Crippen LogP contribution < -0.4 is 10.1 Å². The Morgan fingerprint density at radius 1 is 1.04 bits per heavy atom. The van der Waals surface area contributed by atoms with Gasteiger partial charge in [-0.1, -0.05) is 24.3 Å². The number of aryl methyl sites for hydroxylation is 2. The van der Waals surface area contributed by atoms with E-state index in [0.29, 0.717) is 5.75 Å². The third-order valence-electron chi connectivity index (χ3n) is 4.57. The van der Waals surface area contributed by atoms with Crippen molar-refractivity contribution in [2.75, 3.05) is 11.9 Å². The molecule has 130 valence electrons. The number of carbonyl (C=O) groups excluding carboxylic acids is 1. The van der Waals surface area contributed by atoms with Gasteiger partial charge in [0, 0.05) is 23.2 Å². The molecule has 0 bridgehead atoms. The molecule has 0 unspecified atom stereocenters. The number of ether oxygens (including phenoxy) is 1. The van der Waals surface area contributed by atoms with Crippen LogP contribution in [-0.4, -0.2) is 17.4 Å². The molecule has 0 radical (unpaired) electrons. The maximum atomic E-state index is 12.2. The van der Waals surface area contributed by atoms with Crippen LogP contribution in [-0.2, 0) is 17.6 Å². The van der Waals surface area contributed by atoms with Gasteiger partial charge in [-0.2, -0.15) is 0 Å². The number of nitro groups is 1. The van der Waals surface area contributed by atoms with E-state index in [9.17, 15) is 14.9 Å². The number of rotatable bonds is 5. The number of amides is 1. The molecule has 0 fully saturated rings. The summed E-state index contributed by atoms with van der Waals surface area (Å²) in [6.07, 6.45) is 2.07. The summed E-state index contributed by atoms with van der Waals surface area (Å²) >= 11 is 0. The molecule has 1 aliphatic carbocycles. The fourth-order valence-corrected chi connectivity index (χ4v) is 3.36. The molecule has 4 rings (SSSR count). The van der Waals surface area contributed by atoms with Crippen molar-refractivity contribution in [2.45, 2.75) is 12.8 Å². The number of non-ortho nitro benzene ring substituents is 1.